The fourth-order valence-corrected chi connectivity index (χ4v) is 6.18. The number of hydrogen-bond acceptors (Lipinski definition) is 8. The Morgan fingerprint density at radius 1 is 0.766 bits per heavy atom. The minimum absolute atomic E-state index is 0.124. The van der Waals surface area contributed by atoms with Crippen molar-refractivity contribution in [3.05, 3.63) is 107 Å². The predicted molar refractivity (Wildman–Crippen MR) is 183 cm³/mol. The molecule has 0 atom stereocenters. The highest BCUT2D eigenvalue weighted by atomic mass is 16.7. The van der Waals surface area contributed by atoms with Gasteiger partial charge in [0.1, 0.15) is 24.7 Å². The first-order valence-corrected chi connectivity index (χ1v) is 16.3. The van der Waals surface area contributed by atoms with Crippen molar-refractivity contribution in [2.45, 2.75) is 52.7 Å². The monoisotopic (exact) mass is 639 g/mol. The van der Waals surface area contributed by atoms with E-state index in [2.05, 4.69) is 4.90 Å². The Morgan fingerprint density at radius 3 is 1.96 bits per heavy atom. The van der Waals surface area contributed by atoms with Crippen molar-refractivity contribution in [1.82, 2.24) is 4.98 Å². The molecule has 4 aromatic rings. The van der Waals surface area contributed by atoms with E-state index in [1.54, 1.807) is 32.3 Å². The Kier molecular flexibility index (Phi) is 11.7. The molecule has 9 nitrogen and oxygen atoms in total. The van der Waals surface area contributed by atoms with Crippen molar-refractivity contribution in [3.63, 3.8) is 0 Å². The molecule has 248 valence electrons. The zero-order valence-corrected chi connectivity index (χ0v) is 28.0. The topological polar surface area (TPSA) is 82.6 Å². The van der Waals surface area contributed by atoms with Crippen molar-refractivity contribution in [2.24, 2.45) is 5.92 Å². The smallest absolute Gasteiger partial charge is 0.259 e. The van der Waals surface area contributed by atoms with E-state index in [-0.39, 0.29) is 12.2 Å². The van der Waals surface area contributed by atoms with Crippen LogP contribution in [0, 0.1) is 5.92 Å². The maximum Gasteiger partial charge on any atom is 0.259 e. The van der Waals surface area contributed by atoms with Gasteiger partial charge in [0.05, 0.1) is 19.3 Å². The number of fused-ring (bicyclic) bond motifs is 1. The lowest BCUT2D eigenvalue weighted by Crippen LogP contribution is -2.39. The van der Waals surface area contributed by atoms with Crippen LogP contribution in [0.25, 0.3) is 0 Å². The molecule has 47 heavy (non-hydrogen) atoms. The molecule has 0 aliphatic carbocycles. The van der Waals surface area contributed by atoms with Crippen LogP contribution < -0.4 is 24.0 Å². The van der Waals surface area contributed by atoms with Crippen molar-refractivity contribution >= 4 is 17.3 Å². The van der Waals surface area contributed by atoms with Crippen LogP contribution in [0.5, 0.6) is 17.5 Å². The highest BCUT2D eigenvalue weighted by Gasteiger charge is 2.36. The molecule has 0 spiro atoms. The van der Waals surface area contributed by atoms with Crippen LogP contribution >= 0.6 is 0 Å². The first-order valence-electron chi connectivity index (χ1n) is 16.3. The lowest BCUT2D eigenvalue weighted by Gasteiger charge is -2.36. The maximum absolute atomic E-state index is 13.9. The molecule has 1 saturated heterocycles. The van der Waals surface area contributed by atoms with Gasteiger partial charge in [0.15, 0.2) is 6.29 Å². The summed E-state index contributed by atoms with van der Waals surface area (Å²) < 4.78 is 29.3. The minimum atomic E-state index is -0.206. The second-order valence-corrected chi connectivity index (χ2v) is 11.2. The molecule has 0 unspecified atom stereocenters. The van der Waals surface area contributed by atoms with E-state index in [0.29, 0.717) is 48.7 Å². The Hall–Kier alpha value is -4.60. The number of pyridine rings is 1. The summed E-state index contributed by atoms with van der Waals surface area (Å²) in [5, 5.41) is 0. The number of benzene rings is 3. The molecule has 0 bridgehead atoms. The number of methoxy groups -OCH3 is 3. The summed E-state index contributed by atoms with van der Waals surface area (Å²) in [5.74, 6) is 1.68. The van der Waals surface area contributed by atoms with Crippen LogP contribution in [-0.2, 0) is 29.2 Å². The van der Waals surface area contributed by atoms with Crippen LogP contribution in [0.1, 0.15) is 53.7 Å². The predicted octanol–water partition coefficient (Wildman–Crippen LogP) is 7.27. The van der Waals surface area contributed by atoms with Crippen molar-refractivity contribution < 1.29 is 28.5 Å². The molecule has 2 aliphatic heterocycles. The zero-order chi connectivity index (χ0) is 33.2. The van der Waals surface area contributed by atoms with E-state index in [0.717, 1.165) is 54.1 Å². The third-order valence-corrected chi connectivity index (χ3v) is 8.52. The molecule has 0 N–H and O–H groups in total. The van der Waals surface area contributed by atoms with Gasteiger partial charge in [-0.05, 0) is 42.2 Å². The molecule has 6 rings (SSSR count). The van der Waals surface area contributed by atoms with Gasteiger partial charge in [-0.1, -0.05) is 74.5 Å². The fraction of sp³-hybridized carbons (Fsp3) is 0.368. The van der Waals surface area contributed by atoms with E-state index >= 15 is 0 Å². The van der Waals surface area contributed by atoms with E-state index < -0.39 is 0 Å². The van der Waals surface area contributed by atoms with Crippen molar-refractivity contribution in [1.29, 1.82) is 0 Å². The molecule has 9 heteroatoms. The summed E-state index contributed by atoms with van der Waals surface area (Å²) in [4.78, 5) is 22.6. The summed E-state index contributed by atoms with van der Waals surface area (Å²) in [6, 6.07) is 27.3. The van der Waals surface area contributed by atoms with Gasteiger partial charge in [0, 0.05) is 50.4 Å². The number of rotatable bonds is 12. The summed E-state index contributed by atoms with van der Waals surface area (Å²) in [5.41, 5.74) is 5.06. The second-order valence-electron chi connectivity index (χ2n) is 11.2. The lowest BCUT2D eigenvalue weighted by atomic mass is 9.95. The number of amides is 1. The second kappa shape index (κ2) is 16.3. The quantitative estimate of drug-likeness (QED) is 0.150. The summed E-state index contributed by atoms with van der Waals surface area (Å²) in [7, 11) is 5.04. The Bertz CT molecular complexity index is 1590. The third kappa shape index (κ3) is 7.69. The van der Waals surface area contributed by atoms with Gasteiger partial charge in [-0.2, -0.15) is 4.98 Å². The maximum atomic E-state index is 13.9. The van der Waals surface area contributed by atoms with E-state index in [4.69, 9.17) is 28.7 Å². The number of carbonyl (C=O) groups is 1. The molecule has 1 fully saturated rings. The SMILES string of the molecule is CC.COc1c(N2CCC(C(OC)OC)CC2)ccc2c1CN(c1ccc(OCc3ccccc3)nc1OCc1ccccc1)C2=O. The Morgan fingerprint density at radius 2 is 1.36 bits per heavy atom. The van der Waals surface area contributed by atoms with Crippen LogP contribution in [-0.4, -0.2) is 51.6 Å². The molecule has 0 saturated carbocycles. The highest BCUT2D eigenvalue weighted by Crippen LogP contribution is 2.43. The first kappa shape index (κ1) is 33.8. The molecular formula is C38H45N3O6. The average Bonchev–Trinajstić information content (AvgIpc) is 3.47. The van der Waals surface area contributed by atoms with Crippen LogP contribution in [0.2, 0.25) is 0 Å². The van der Waals surface area contributed by atoms with Gasteiger partial charge in [-0.25, -0.2) is 0 Å². The Labute approximate surface area is 278 Å². The van der Waals surface area contributed by atoms with Crippen molar-refractivity contribution in [2.75, 3.05) is 44.2 Å². The van der Waals surface area contributed by atoms with E-state index in [9.17, 15) is 4.79 Å². The number of anilines is 2. The van der Waals surface area contributed by atoms with Crippen LogP contribution in [0.3, 0.4) is 0 Å². The van der Waals surface area contributed by atoms with E-state index in [1.165, 1.54) is 0 Å². The molecule has 1 amide bonds. The van der Waals surface area contributed by atoms with Crippen molar-refractivity contribution in [3.8, 4) is 17.5 Å². The normalized spacial score (nSPS) is 14.5. The largest absolute Gasteiger partial charge is 0.494 e. The number of hydrogen-bond donors (Lipinski definition) is 0. The van der Waals surface area contributed by atoms with Gasteiger partial charge >= 0.3 is 0 Å². The van der Waals surface area contributed by atoms with E-state index in [1.807, 2.05) is 92.7 Å². The molecule has 0 radical (unpaired) electrons. The zero-order valence-electron chi connectivity index (χ0n) is 28.0. The summed E-state index contributed by atoms with van der Waals surface area (Å²) in [6.07, 6.45) is 1.66. The lowest BCUT2D eigenvalue weighted by molar-refractivity contribution is -0.141. The standard InChI is InChI=1S/C36H39N3O6.C2H6/c1-41-33-29-22-39(35(40)28(29)14-15-30(33)38-20-18-27(19-21-38)36(42-2)43-3)31-16-17-32(44-23-25-10-6-4-7-11-25)37-34(31)45-24-26-12-8-5-9-13-26;1-2/h4-17,27,36H,18-24H2,1-3H3;1-2H3. The Balaban J connectivity index is 0.00000213. The van der Waals surface area contributed by atoms with Crippen LogP contribution in [0.4, 0.5) is 11.4 Å². The summed E-state index contributed by atoms with van der Waals surface area (Å²) >= 11 is 0. The minimum Gasteiger partial charge on any atom is -0.494 e. The van der Waals surface area contributed by atoms with Gasteiger partial charge in [0.25, 0.3) is 5.91 Å². The highest BCUT2D eigenvalue weighted by molar-refractivity contribution is 6.11. The van der Waals surface area contributed by atoms with Gasteiger partial charge < -0.3 is 28.6 Å². The molecule has 3 aromatic carbocycles. The number of carbonyl (C=O) groups excluding carboxylic acids is 1. The summed E-state index contributed by atoms with van der Waals surface area (Å²) in [6.45, 7) is 6.69. The van der Waals surface area contributed by atoms with Gasteiger partial charge in [-0.15, -0.1) is 0 Å². The molecule has 1 aromatic heterocycles. The molecule has 2 aliphatic rings. The number of ether oxygens (including phenoxy) is 5. The third-order valence-electron chi connectivity index (χ3n) is 8.52. The van der Waals surface area contributed by atoms with Crippen LogP contribution in [0.15, 0.2) is 84.9 Å². The molecular weight excluding hydrogens is 594 g/mol. The average molecular weight is 640 g/mol. The van der Waals surface area contributed by atoms with Gasteiger partial charge in [0.2, 0.25) is 11.8 Å². The van der Waals surface area contributed by atoms with Gasteiger partial charge in [-0.3, -0.25) is 9.69 Å². The number of aromatic nitrogens is 1. The molecule has 3 heterocycles. The fourth-order valence-electron chi connectivity index (χ4n) is 6.18. The number of nitrogens with zero attached hydrogens (tertiary/aromatic N) is 3. The number of piperidine rings is 1. The first-order chi connectivity index (χ1) is 23.1.